The van der Waals surface area contributed by atoms with E-state index in [0.29, 0.717) is 28.7 Å². The molecule has 3 rings (SSSR count). The average Bonchev–Trinajstić information content (AvgIpc) is 3.04. The Morgan fingerprint density at radius 1 is 1.55 bits per heavy atom. The second-order valence-corrected chi connectivity index (χ2v) is 6.51. The van der Waals surface area contributed by atoms with Gasteiger partial charge in [0.25, 0.3) is 5.91 Å². The fourth-order valence-corrected chi connectivity index (χ4v) is 4.05. The van der Waals surface area contributed by atoms with Crippen LogP contribution in [-0.4, -0.2) is 35.6 Å². The highest BCUT2D eigenvalue weighted by Crippen LogP contribution is 2.39. The normalized spacial score (nSPS) is 18.9. The third-order valence-corrected chi connectivity index (χ3v) is 5.20. The van der Waals surface area contributed by atoms with Gasteiger partial charge in [0.1, 0.15) is 4.88 Å². The SMILES string of the molecule is Nc1c(C(=O)N2CCC(CO)C2)sc2cccc(Cl)c12. The van der Waals surface area contributed by atoms with Crippen molar-refractivity contribution in [1.29, 1.82) is 0 Å². The smallest absolute Gasteiger partial charge is 0.266 e. The molecule has 2 aromatic rings. The van der Waals surface area contributed by atoms with Crippen molar-refractivity contribution in [2.45, 2.75) is 6.42 Å². The van der Waals surface area contributed by atoms with E-state index in [0.717, 1.165) is 16.5 Å². The van der Waals surface area contributed by atoms with E-state index >= 15 is 0 Å². The number of hydrogen-bond acceptors (Lipinski definition) is 4. The highest BCUT2D eigenvalue weighted by molar-refractivity contribution is 7.21. The van der Waals surface area contributed by atoms with E-state index < -0.39 is 0 Å². The van der Waals surface area contributed by atoms with Crippen LogP contribution in [-0.2, 0) is 0 Å². The standard InChI is InChI=1S/C14H15ClN2O2S/c15-9-2-1-3-10-11(9)12(16)13(20-10)14(19)17-5-4-8(6-17)7-18/h1-3,8,18H,4-7,16H2. The van der Waals surface area contributed by atoms with Gasteiger partial charge in [-0.05, 0) is 18.6 Å². The molecule has 106 valence electrons. The summed E-state index contributed by atoms with van der Waals surface area (Å²) in [5, 5.41) is 10.5. The van der Waals surface area contributed by atoms with Crippen molar-refractivity contribution in [3.05, 3.63) is 28.1 Å². The molecule has 0 spiro atoms. The number of halogens is 1. The molecule has 2 heterocycles. The van der Waals surface area contributed by atoms with Crippen LogP contribution in [0, 0.1) is 5.92 Å². The van der Waals surface area contributed by atoms with Gasteiger partial charge in [-0.1, -0.05) is 17.7 Å². The number of benzene rings is 1. The number of carbonyl (C=O) groups is 1. The molecule has 0 saturated carbocycles. The Labute approximate surface area is 125 Å². The van der Waals surface area contributed by atoms with Gasteiger partial charge in [0.15, 0.2) is 0 Å². The minimum Gasteiger partial charge on any atom is -0.397 e. The number of hydrogen-bond donors (Lipinski definition) is 2. The first kappa shape index (κ1) is 13.7. The van der Waals surface area contributed by atoms with Gasteiger partial charge in [-0.3, -0.25) is 4.79 Å². The molecule has 1 amide bonds. The third-order valence-electron chi connectivity index (χ3n) is 3.73. The van der Waals surface area contributed by atoms with Crippen LogP contribution < -0.4 is 5.73 Å². The Balaban J connectivity index is 1.96. The van der Waals surface area contributed by atoms with Crippen molar-refractivity contribution in [3.63, 3.8) is 0 Å². The number of fused-ring (bicyclic) bond motifs is 1. The predicted octanol–water partition coefficient (Wildman–Crippen LogP) is 2.59. The molecule has 20 heavy (non-hydrogen) atoms. The van der Waals surface area contributed by atoms with E-state index in [2.05, 4.69) is 0 Å². The zero-order valence-corrected chi connectivity index (χ0v) is 12.4. The number of anilines is 1. The van der Waals surface area contributed by atoms with E-state index in [1.807, 2.05) is 12.1 Å². The maximum absolute atomic E-state index is 12.5. The minimum absolute atomic E-state index is 0.0595. The molecular weight excluding hydrogens is 296 g/mol. The fourth-order valence-electron chi connectivity index (χ4n) is 2.60. The number of nitrogens with zero attached hydrogens (tertiary/aromatic N) is 1. The number of nitrogens with two attached hydrogens (primary N) is 1. The van der Waals surface area contributed by atoms with Crippen molar-refractivity contribution in [3.8, 4) is 0 Å². The molecule has 3 N–H and O–H groups in total. The maximum Gasteiger partial charge on any atom is 0.266 e. The number of thiophene rings is 1. The summed E-state index contributed by atoms with van der Waals surface area (Å²) >= 11 is 7.53. The summed E-state index contributed by atoms with van der Waals surface area (Å²) in [6.07, 6.45) is 0.841. The molecule has 0 bridgehead atoms. The van der Waals surface area contributed by atoms with E-state index in [1.54, 1.807) is 11.0 Å². The number of nitrogen functional groups attached to an aromatic ring is 1. The van der Waals surface area contributed by atoms with Gasteiger partial charge in [-0.2, -0.15) is 0 Å². The van der Waals surface area contributed by atoms with Gasteiger partial charge >= 0.3 is 0 Å². The summed E-state index contributed by atoms with van der Waals surface area (Å²) in [6, 6.07) is 5.55. The molecule has 1 aromatic heterocycles. The van der Waals surface area contributed by atoms with E-state index in [4.69, 9.17) is 22.4 Å². The largest absolute Gasteiger partial charge is 0.397 e. The first-order valence-electron chi connectivity index (χ1n) is 6.48. The van der Waals surface area contributed by atoms with Gasteiger partial charge in [0.05, 0.1) is 10.7 Å². The van der Waals surface area contributed by atoms with Crippen LogP contribution in [0.15, 0.2) is 18.2 Å². The maximum atomic E-state index is 12.5. The summed E-state index contributed by atoms with van der Waals surface area (Å²) in [4.78, 5) is 14.8. The second kappa shape index (κ2) is 5.24. The molecular formula is C14H15ClN2O2S. The Kier molecular flexibility index (Phi) is 3.58. The van der Waals surface area contributed by atoms with Gasteiger partial charge in [0.2, 0.25) is 0 Å². The lowest BCUT2D eigenvalue weighted by atomic mass is 10.1. The van der Waals surface area contributed by atoms with Crippen LogP contribution in [0.4, 0.5) is 5.69 Å². The summed E-state index contributed by atoms with van der Waals surface area (Å²) < 4.78 is 0.927. The van der Waals surface area contributed by atoms with Crippen molar-refractivity contribution in [2.75, 3.05) is 25.4 Å². The molecule has 1 fully saturated rings. The lowest BCUT2D eigenvalue weighted by Gasteiger charge is -2.15. The molecule has 1 aromatic carbocycles. The molecule has 1 unspecified atom stereocenters. The van der Waals surface area contributed by atoms with Crippen molar-refractivity contribution in [1.82, 2.24) is 4.90 Å². The molecule has 6 heteroatoms. The summed E-state index contributed by atoms with van der Waals surface area (Å²) in [5.74, 6) is 0.119. The number of amides is 1. The van der Waals surface area contributed by atoms with E-state index in [-0.39, 0.29) is 18.4 Å². The molecule has 1 aliphatic heterocycles. The first-order chi connectivity index (χ1) is 9.61. The highest BCUT2D eigenvalue weighted by atomic mass is 35.5. The Hall–Kier alpha value is -1.30. The second-order valence-electron chi connectivity index (χ2n) is 5.05. The van der Waals surface area contributed by atoms with E-state index in [9.17, 15) is 4.79 Å². The third kappa shape index (κ3) is 2.16. The van der Waals surface area contributed by atoms with Crippen molar-refractivity contribution < 1.29 is 9.90 Å². The fraction of sp³-hybridized carbons (Fsp3) is 0.357. The highest BCUT2D eigenvalue weighted by Gasteiger charge is 2.29. The molecule has 1 atom stereocenters. The Bertz CT molecular complexity index is 670. The molecule has 0 aliphatic carbocycles. The number of likely N-dealkylation sites (tertiary alicyclic amines) is 1. The van der Waals surface area contributed by atoms with Gasteiger partial charge in [0, 0.05) is 35.7 Å². The molecule has 1 saturated heterocycles. The first-order valence-corrected chi connectivity index (χ1v) is 7.68. The van der Waals surface area contributed by atoms with Crippen molar-refractivity contribution >= 4 is 44.6 Å². The molecule has 1 aliphatic rings. The molecule has 4 nitrogen and oxygen atoms in total. The van der Waals surface area contributed by atoms with Gasteiger partial charge < -0.3 is 15.7 Å². The number of aliphatic hydroxyl groups is 1. The number of rotatable bonds is 2. The van der Waals surface area contributed by atoms with Crippen LogP contribution in [0.5, 0.6) is 0 Å². The van der Waals surface area contributed by atoms with Gasteiger partial charge in [-0.25, -0.2) is 0 Å². The van der Waals surface area contributed by atoms with Crippen LogP contribution >= 0.6 is 22.9 Å². The lowest BCUT2D eigenvalue weighted by molar-refractivity contribution is 0.0787. The molecule has 0 radical (unpaired) electrons. The minimum atomic E-state index is -0.0595. The predicted molar refractivity (Wildman–Crippen MR) is 82.3 cm³/mol. The number of aliphatic hydroxyl groups excluding tert-OH is 1. The lowest BCUT2D eigenvalue weighted by Crippen LogP contribution is -2.29. The quantitative estimate of drug-likeness (QED) is 0.896. The van der Waals surface area contributed by atoms with Crippen LogP contribution in [0.25, 0.3) is 10.1 Å². The van der Waals surface area contributed by atoms with Crippen LogP contribution in [0.1, 0.15) is 16.1 Å². The van der Waals surface area contributed by atoms with Crippen LogP contribution in [0.3, 0.4) is 0 Å². The topological polar surface area (TPSA) is 66.6 Å². The van der Waals surface area contributed by atoms with Gasteiger partial charge in [-0.15, -0.1) is 11.3 Å². The van der Waals surface area contributed by atoms with E-state index in [1.165, 1.54) is 11.3 Å². The zero-order valence-electron chi connectivity index (χ0n) is 10.8. The zero-order chi connectivity index (χ0) is 14.3. The Morgan fingerprint density at radius 3 is 3.00 bits per heavy atom. The summed E-state index contributed by atoms with van der Waals surface area (Å²) in [7, 11) is 0. The Morgan fingerprint density at radius 2 is 2.35 bits per heavy atom. The monoisotopic (exact) mass is 310 g/mol. The summed E-state index contributed by atoms with van der Waals surface area (Å²) in [5.41, 5.74) is 6.57. The summed E-state index contributed by atoms with van der Waals surface area (Å²) in [6.45, 7) is 1.39. The van der Waals surface area contributed by atoms with Crippen LogP contribution in [0.2, 0.25) is 5.02 Å². The van der Waals surface area contributed by atoms with Crippen molar-refractivity contribution in [2.24, 2.45) is 5.92 Å². The average molecular weight is 311 g/mol. The number of carbonyl (C=O) groups excluding carboxylic acids is 1.